The molecule has 39 heavy (non-hydrogen) atoms. The van der Waals surface area contributed by atoms with Gasteiger partial charge in [-0.05, 0) is 68.0 Å². The third-order valence-electron chi connectivity index (χ3n) is 7.35. The van der Waals surface area contributed by atoms with E-state index < -0.39 is 0 Å². The molecule has 0 radical (unpaired) electrons. The summed E-state index contributed by atoms with van der Waals surface area (Å²) < 4.78 is 1.79. The quantitative estimate of drug-likeness (QED) is 0.309. The summed E-state index contributed by atoms with van der Waals surface area (Å²) in [7, 11) is 1.90. The molecule has 0 aliphatic heterocycles. The number of rotatable bonds is 7. The van der Waals surface area contributed by atoms with Crippen molar-refractivity contribution in [1.29, 1.82) is 5.26 Å². The summed E-state index contributed by atoms with van der Waals surface area (Å²) in [6.45, 7) is 2.02. The lowest BCUT2D eigenvalue weighted by Gasteiger charge is -2.38. The maximum absolute atomic E-state index is 13.8. The summed E-state index contributed by atoms with van der Waals surface area (Å²) in [6.07, 6.45) is 8.98. The molecule has 1 aliphatic carbocycles. The minimum absolute atomic E-state index is 0.0733. The lowest BCUT2D eigenvalue weighted by atomic mass is 9.89. The lowest BCUT2D eigenvalue weighted by Crippen LogP contribution is -2.49. The van der Waals surface area contributed by atoms with Crippen molar-refractivity contribution in [2.45, 2.75) is 50.7 Å². The van der Waals surface area contributed by atoms with E-state index >= 15 is 0 Å². The highest BCUT2D eigenvalue weighted by Crippen LogP contribution is 2.31. The molecule has 0 spiro atoms. The average molecular weight is 520 g/mol. The predicted molar refractivity (Wildman–Crippen MR) is 153 cm³/mol. The van der Waals surface area contributed by atoms with E-state index in [1.807, 2.05) is 79.8 Å². The van der Waals surface area contributed by atoms with Crippen LogP contribution in [0.4, 0.5) is 16.3 Å². The van der Waals surface area contributed by atoms with Crippen molar-refractivity contribution >= 4 is 17.5 Å². The number of urea groups is 1. The molecule has 1 fully saturated rings. The van der Waals surface area contributed by atoms with Crippen LogP contribution in [-0.4, -0.2) is 32.9 Å². The first-order chi connectivity index (χ1) is 19.0. The van der Waals surface area contributed by atoms with Gasteiger partial charge in [-0.3, -0.25) is 9.58 Å². The molecule has 0 saturated heterocycles. The second kappa shape index (κ2) is 11.8. The molecule has 1 saturated carbocycles. The van der Waals surface area contributed by atoms with Crippen LogP contribution in [0.25, 0.3) is 11.1 Å². The molecule has 8 nitrogen and oxygen atoms in total. The smallest absolute Gasteiger partial charge is 0.322 e. The summed E-state index contributed by atoms with van der Waals surface area (Å²) in [5, 5.41) is 20.0. The van der Waals surface area contributed by atoms with Gasteiger partial charge in [-0.25, -0.2) is 9.78 Å². The van der Waals surface area contributed by atoms with Gasteiger partial charge in [0.15, 0.2) is 0 Å². The number of pyridine rings is 1. The van der Waals surface area contributed by atoms with E-state index in [1.54, 1.807) is 16.9 Å². The summed E-state index contributed by atoms with van der Waals surface area (Å²) in [5.41, 5.74) is 4.60. The topological polar surface area (TPSA) is 98.9 Å². The highest BCUT2D eigenvalue weighted by atomic mass is 16.2. The van der Waals surface area contributed by atoms with Crippen LogP contribution in [0.15, 0.2) is 85.3 Å². The fourth-order valence-electron chi connectivity index (χ4n) is 5.19. The first kappa shape index (κ1) is 26.0. The zero-order valence-corrected chi connectivity index (χ0v) is 22.3. The van der Waals surface area contributed by atoms with E-state index in [1.165, 1.54) is 0 Å². The Labute approximate surface area is 229 Å². The molecular formula is C31H33N7O. The van der Waals surface area contributed by atoms with Gasteiger partial charge in [-0.2, -0.15) is 10.4 Å². The molecular weight excluding hydrogens is 486 g/mol. The maximum Gasteiger partial charge on any atom is 0.322 e. The summed E-state index contributed by atoms with van der Waals surface area (Å²) in [5.74, 6) is 0.773. The molecule has 2 aromatic heterocycles. The van der Waals surface area contributed by atoms with Gasteiger partial charge in [0.25, 0.3) is 0 Å². The lowest BCUT2D eigenvalue weighted by molar-refractivity contribution is 0.238. The second-order valence-electron chi connectivity index (χ2n) is 10.1. The fraction of sp³-hybridized carbons (Fsp3) is 0.290. The van der Waals surface area contributed by atoms with Crippen molar-refractivity contribution in [2.75, 3.05) is 10.2 Å². The number of nitrogens with zero attached hydrogens (tertiary/aromatic N) is 5. The Hall–Kier alpha value is -4.64. The first-order valence-corrected chi connectivity index (χ1v) is 13.4. The number of aryl methyl sites for hydroxylation is 1. The van der Waals surface area contributed by atoms with E-state index in [-0.39, 0.29) is 24.2 Å². The van der Waals surface area contributed by atoms with Crippen molar-refractivity contribution in [3.05, 3.63) is 96.4 Å². The van der Waals surface area contributed by atoms with Crippen LogP contribution in [0.3, 0.4) is 0 Å². The molecule has 1 atom stereocenters. The Morgan fingerprint density at radius 2 is 1.74 bits per heavy atom. The predicted octanol–water partition coefficient (Wildman–Crippen LogP) is 6.05. The molecule has 2 aromatic carbocycles. The molecule has 2 N–H and O–H groups in total. The number of amides is 2. The average Bonchev–Trinajstić information content (AvgIpc) is 3.41. The molecule has 198 valence electrons. The molecule has 1 aliphatic rings. The third kappa shape index (κ3) is 6.27. The number of hydrogen-bond donors (Lipinski definition) is 2. The van der Waals surface area contributed by atoms with Crippen LogP contribution < -0.4 is 15.5 Å². The first-order valence-electron chi connectivity index (χ1n) is 13.4. The Morgan fingerprint density at radius 1 is 1.00 bits per heavy atom. The third-order valence-corrected chi connectivity index (χ3v) is 7.35. The Kier molecular flexibility index (Phi) is 7.88. The van der Waals surface area contributed by atoms with E-state index in [4.69, 9.17) is 5.26 Å². The zero-order valence-electron chi connectivity index (χ0n) is 22.3. The number of carbonyl (C=O) groups excluding carboxylic acids is 1. The Morgan fingerprint density at radius 3 is 2.36 bits per heavy atom. The Balaban J connectivity index is 1.32. The van der Waals surface area contributed by atoms with Crippen LogP contribution in [0, 0.1) is 11.3 Å². The minimum Gasteiger partial charge on any atom is -0.367 e. The van der Waals surface area contributed by atoms with Crippen LogP contribution in [-0.2, 0) is 7.05 Å². The monoisotopic (exact) mass is 519 g/mol. The van der Waals surface area contributed by atoms with Crippen molar-refractivity contribution in [2.24, 2.45) is 7.05 Å². The molecule has 2 amide bonds. The van der Waals surface area contributed by atoms with Gasteiger partial charge < -0.3 is 10.6 Å². The number of anilines is 2. The van der Waals surface area contributed by atoms with Gasteiger partial charge in [0, 0.05) is 42.8 Å². The number of nitrogens with one attached hydrogen (secondary N) is 2. The molecule has 1 unspecified atom stereocenters. The highest BCUT2D eigenvalue weighted by molar-refractivity contribution is 5.93. The Bertz CT molecular complexity index is 1420. The number of aromatic nitrogens is 3. The van der Waals surface area contributed by atoms with Gasteiger partial charge in [0.05, 0.1) is 17.8 Å². The van der Waals surface area contributed by atoms with E-state index in [0.717, 1.165) is 53.9 Å². The number of nitriles is 1. The normalized spacial score (nSPS) is 17.6. The van der Waals surface area contributed by atoms with Crippen molar-refractivity contribution < 1.29 is 4.79 Å². The molecule has 2 heterocycles. The van der Waals surface area contributed by atoms with Crippen molar-refractivity contribution in [3.8, 4) is 17.2 Å². The number of benzene rings is 2. The van der Waals surface area contributed by atoms with E-state index in [0.29, 0.717) is 5.56 Å². The second-order valence-corrected chi connectivity index (χ2v) is 10.1. The minimum atomic E-state index is -0.115. The van der Waals surface area contributed by atoms with Crippen LogP contribution in [0.2, 0.25) is 0 Å². The van der Waals surface area contributed by atoms with Crippen molar-refractivity contribution in [3.63, 3.8) is 0 Å². The number of carbonyl (C=O) groups is 1. The fourth-order valence-corrected chi connectivity index (χ4v) is 5.19. The number of hydrogen-bond acceptors (Lipinski definition) is 5. The summed E-state index contributed by atoms with van der Waals surface area (Å²) in [4.78, 5) is 20.1. The van der Waals surface area contributed by atoms with Crippen LogP contribution >= 0.6 is 0 Å². The van der Waals surface area contributed by atoms with Crippen molar-refractivity contribution in [1.82, 2.24) is 20.1 Å². The molecule has 8 heteroatoms. The largest absolute Gasteiger partial charge is 0.367 e. The molecule has 5 rings (SSSR count). The maximum atomic E-state index is 13.8. The van der Waals surface area contributed by atoms with Gasteiger partial charge in [-0.1, -0.05) is 42.5 Å². The van der Waals surface area contributed by atoms with Gasteiger partial charge >= 0.3 is 6.03 Å². The highest BCUT2D eigenvalue weighted by Gasteiger charge is 2.31. The van der Waals surface area contributed by atoms with Gasteiger partial charge in [0.2, 0.25) is 0 Å². The van der Waals surface area contributed by atoms with Gasteiger partial charge in [0.1, 0.15) is 11.9 Å². The van der Waals surface area contributed by atoms with Gasteiger partial charge in [-0.15, -0.1) is 0 Å². The van der Waals surface area contributed by atoms with E-state index in [9.17, 15) is 4.79 Å². The summed E-state index contributed by atoms with van der Waals surface area (Å²) in [6, 6.07) is 24.0. The molecule has 4 aromatic rings. The SMILES string of the molecule is CC(NC(=O)N(c1ccc(-c2cnn(C)c2)cc1)[C@H]1CC[C@H](Nc2ccc(C#N)cn2)CC1)c1ccccc1. The summed E-state index contributed by atoms with van der Waals surface area (Å²) >= 11 is 0. The zero-order chi connectivity index (χ0) is 27.2. The van der Waals surface area contributed by atoms with E-state index in [2.05, 4.69) is 38.9 Å². The molecule has 0 bridgehead atoms. The standard InChI is InChI=1S/C31H33N7O/c1-22(24-6-4-3-5-7-24)35-31(39)38(28-13-9-25(10-14-28)26-20-34-37(2)21-26)29-15-11-27(12-16-29)36-30-17-8-23(18-32)19-33-30/h3-10,13-14,17,19-22,27,29H,11-12,15-16H2,1-2H3,(H,33,36)(H,35,39)/t22?,27-,29-. The van der Waals surface area contributed by atoms with Crippen LogP contribution in [0.1, 0.15) is 49.8 Å². The van der Waals surface area contributed by atoms with Crippen LogP contribution in [0.5, 0.6) is 0 Å².